The molecule has 0 aliphatic heterocycles. The molecule has 0 saturated carbocycles. The Balaban J connectivity index is 1.39. The van der Waals surface area contributed by atoms with Crippen LogP contribution < -0.4 is 0 Å². The maximum absolute atomic E-state index is 13.2. The third-order valence-electron chi connectivity index (χ3n) is 5.20. The van der Waals surface area contributed by atoms with Gasteiger partial charge in [0, 0.05) is 29.7 Å². The first-order chi connectivity index (χ1) is 16.7. The number of benzene rings is 2. The normalized spacial score (nSPS) is 11.8. The van der Waals surface area contributed by atoms with E-state index in [1.54, 1.807) is 36.3 Å². The van der Waals surface area contributed by atoms with Crippen LogP contribution in [0.15, 0.2) is 95.8 Å². The second-order valence-electron chi connectivity index (χ2n) is 7.68. The van der Waals surface area contributed by atoms with Gasteiger partial charge in [-0.2, -0.15) is 5.10 Å². The monoisotopic (exact) mass is 451 g/mol. The molecular weight excluding hydrogens is 430 g/mol. The number of carbonyl (C=O) groups excluding carboxylic acids is 1. The molecule has 0 aliphatic rings. The van der Waals surface area contributed by atoms with Crippen LogP contribution in [0.25, 0.3) is 22.7 Å². The largest absolute Gasteiger partial charge is 0.449 e. The van der Waals surface area contributed by atoms with Crippen molar-refractivity contribution in [1.82, 2.24) is 25.0 Å². The Morgan fingerprint density at radius 3 is 2.44 bits per heavy atom. The fourth-order valence-corrected chi connectivity index (χ4v) is 3.51. The highest BCUT2D eigenvalue weighted by atomic mass is 16.6. The highest BCUT2D eigenvalue weighted by Crippen LogP contribution is 2.26. The Hall–Kier alpha value is -4.59. The van der Waals surface area contributed by atoms with Crippen LogP contribution in [0.4, 0.5) is 0 Å². The minimum absolute atomic E-state index is 0.215. The summed E-state index contributed by atoms with van der Waals surface area (Å²) in [4.78, 5) is 17.3. The molecule has 5 aromatic rings. The topological polar surface area (TPSA) is 95.9 Å². The van der Waals surface area contributed by atoms with E-state index in [9.17, 15) is 4.79 Å². The van der Waals surface area contributed by atoms with Gasteiger partial charge in [-0.25, -0.2) is 4.79 Å². The van der Waals surface area contributed by atoms with Crippen molar-refractivity contribution in [2.75, 3.05) is 0 Å². The third-order valence-corrected chi connectivity index (χ3v) is 5.20. The summed E-state index contributed by atoms with van der Waals surface area (Å²) in [7, 11) is 0. The van der Waals surface area contributed by atoms with E-state index in [0.29, 0.717) is 23.7 Å². The van der Waals surface area contributed by atoms with Crippen molar-refractivity contribution < 1.29 is 13.9 Å². The summed E-state index contributed by atoms with van der Waals surface area (Å²) in [6.45, 7) is 2.21. The van der Waals surface area contributed by atoms with Crippen LogP contribution in [0.1, 0.15) is 34.8 Å². The lowest BCUT2D eigenvalue weighted by atomic mass is 10.1. The third kappa shape index (κ3) is 4.61. The van der Waals surface area contributed by atoms with Crippen LogP contribution in [0.2, 0.25) is 0 Å². The summed E-state index contributed by atoms with van der Waals surface area (Å²) in [5.41, 5.74) is 3.41. The van der Waals surface area contributed by atoms with Gasteiger partial charge in [0.2, 0.25) is 5.89 Å². The molecule has 0 aliphatic carbocycles. The molecule has 3 heterocycles. The molecule has 0 radical (unpaired) electrons. The molecular formula is C26H21N5O3. The minimum Gasteiger partial charge on any atom is -0.449 e. The zero-order valence-corrected chi connectivity index (χ0v) is 18.4. The molecule has 3 aromatic heterocycles. The number of hydrogen-bond acceptors (Lipinski definition) is 7. The zero-order chi connectivity index (χ0) is 23.3. The van der Waals surface area contributed by atoms with Crippen molar-refractivity contribution in [3.05, 3.63) is 108 Å². The second-order valence-corrected chi connectivity index (χ2v) is 7.68. The Morgan fingerprint density at radius 1 is 0.971 bits per heavy atom. The quantitative estimate of drug-likeness (QED) is 0.323. The molecule has 1 atom stereocenters. The van der Waals surface area contributed by atoms with Crippen LogP contribution in [-0.4, -0.2) is 30.9 Å². The van der Waals surface area contributed by atoms with Crippen molar-refractivity contribution in [2.45, 2.75) is 19.6 Å². The van der Waals surface area contributed by atoms with E-state index in [1.165, 1.54) is 0 Å². The lowest BCUT2D eigenvalue weighted by Gasteiger charge is -2.09. The maximum Gasteiger partial charge on any atom is 0.342 e. The summed E-state index contributed by atoms with van der Waals surface area (Å²) in [6, 6.07) is 23.0. The highest BCUT2D eigenvalue weighted by molar-refractivity contribution is 5.96. The predicted octanol–water partition coefficient (Wildman–Crippen LogP) is 4.96. The number of hydrogen-bond donors (Lipinski definition) is 0. The summed E-state index contributed by atoms with van der Waals surface area (Å²) in [5.74, 6) is 0.0437. The number of rotatable bonds is 7. The van der Waals surface area contributed by atoms with E-state index < -0.39 is 12.1 Å². The summed E-state index contributed by atoms with van der Waals surface area (Å²) >= 11 is 0. The van der Waals surface area contributed by atoms with Gasteiger partial charge in [0.15, 0.2) is 6.10 Å². The first-order valence-electron chi connectivity index (χ1n) is 10.8. The van der Waals surface area contributed by atoms with E-state index in [2.05, 4.69) is 20.3 Å². The number of nitrogens with zero attached hydrogens (tertiary/aromatic N) is 5. The molecule has 34 heavy (non-hydrogen) atoms. The average molecular weight is 451 g/mol. The van der Waals surface area contributed by atoms with E-state index >= 15 is 0 Å². The van der Waals surface area contributed by atoms with Crippen LogP contribution >= 0.6 is 0 Å². The van der Waals surface area contributed by atoms with Crippen LogP contribution in [0.5, 0.6) is 0 Å². The molecule has 5 rings (SSSR count). The fourth-order valence-electron chi connectivity index (χ4n) is 3.51. The Bertz CT molecular complexity index is 1380. The summed E-state index contributed by atoms with van der Waals surface area (Å²) in [5, 5.41) is 12.8. The van der Waals surface area contributed by atoms with Gasteiger partial charge in [-0.3, -0.25) is 9.67 Å². The smallest absolute Gasteiger partial charge is 0.342 e. The van der Waals surface area contributed by atoms with Crippen LogP contribution in [0.3, 0.4) is 0 Å². The molecule has 2 aromatic carbocycles. The second kappa shape index (κ2) is 9.50. The predicted molar refractivity (Wildman–Crippen MR) is 125 cm³/mol. The molecule has 0 amide bonds. The first-order valence-corrected chi connectivity index (χ1v) is 10.8. The van der Waals surface area contributed by atoms with Crippen molar-refractivity contribution in [2.24, 2.45) is 0 Å². The van der Waals surface area contributed by atoms with Gasteiger partial charge in [0.05, 0.1) is 6.54 Å². The van der Waals surface area contributed by atoms with Gasteiger partial charge in [0.25, 0.3) is 5.89 Å². The van der Waals surface area contributed by atoms with Gasteiger partial charge in [-0.1, -0.05) is 48.5 Å². The van der Waals surface area contributed by atoms with Crippen LogP contribution in [-0.2, 0) is 11.3 Å². The molecule has 0 fully saturated rings. The van der Waals surface area contributed by atoms with Crippen molar-refractivity contribution in [1.29, 1.82) is 0 Å². The van der Waals surface area contributed by atoms with Crippen molar-refractivity contribution >= 4 is 5.97 Å². The fraction of sp³-hybridized carbons (Fsp3) is 0.115. The van der Waals surface area contributed by atoms with E-state index in [4.69, 9.17) is 9.15 Å². The summed E-state index contributed by atoms with van der Waals surface area (Å²) in [6.07, 6.45) is 4.29. The molecule has 8 nitrogen and oxygen atoms in total. The molecule has 1 unspecified atom stereocenters. The first kappa shape index (κ1) is 21.3. The van der Waals surface area contributed by atoms with E-state index in [0.717, 1.165) is 16.7 Å². The van der Waals surface area contributed by atoms with Gasteiger partial charge < -0.3 is 9.15 Å². The number of esters is 1. The Kier molecular flexibility index (Phi) is 5.94. The number of pyridine rings is 1. The zero-order valence-electron chi connectivity index (χ0n) is 18.4. The van der Waals surface area contributed by atoms with Crippen molar-refractivity contribution in [3.8, 4) is 22.7 Å². The average Bonchev–Trinajstić information content (AvgIpc) is 3.54. The SMILES string of the molecule is CC(OC(=O)c1cn(Cc2ccccc2)nc1-c1cccnc1)c1nnc(-c2ccccc2)o1. The minimum atomic E-state index is -0.739. The standard InChI is InChI=1S/C26H21N5O3/c1-18(24-28-29-25(34-24)20-11-6-3-7-12-20)33-26(32)22-17-31(16-19-9-4-2-5-10-19)30-23(22)21-13-8-14-27-15-21/h2-15,17-18H,16H2,1H3. The Morgan fingerprint density at radius 2 is 1.71 bits per heavy atom. The van der Waals surface area contributed by atoms with Gasteiger partial charge >= 0.3 is 5.97 Å². The van der Waals surface area contributed by atoms with Gasteiger partial charge in [-0.05, 0) is 36.8 Å². The number of carbonyl (C=O) groups is 1. The molecule has 0 saturated heterocycles. The molecule has 0 spiro atoms. The molecule has 0 N–H and O–H groups in total. The summed E-state index contributed by atoms with van der Waals surface area (Å²) < 4.78 is 13.1. The molecule has 8 heteroatoms. The van der Waals surface area contributed by atoms with Crippen molar-refractivity contribution in [3.63, 3.8) is 0 Å². The highest BCUT2D eigenvalue weighted by Gasteiger charge is 2.24. The lowest BCUT2D eigenvalue weighted by molar-refractivity contribution is 0.0280. The molecule has 0 bridgehead atoms. The number of aromatic nitrogens is 5. The van der Waals surface area contributed by atoms with Gasteiger partial charge in [-0.15, -0.1) is 10.2 Å². The Labute approximate surface area is 195 Å². The van der Waals surface area contributed by atoms with E-state index in [-0.39, 0.29) is 5.89 Å². The van der Waals surface area contributed by atoms with Crippen LogP contribution in [0, 0.1) is 0 Å². The van der Waals surface area contributed by atoms with E-state index in [1.807, 2.05) is 66.7 Å². The number of ether oxygens (including phenoxy) is 1. The lowest BCUT2D eigenvalue weighted by Crippen LogP contribution is -2.10. The maximum atomic E-state index is 13.2. The molecule has 168 valence electrons. The van der Waals surface area contributed by atoms with Gasteiger partial charge in [0.1, 0.15) is 11.3 Å².